The van der Waals surface area contributed by atoms with E-state index in [-0.39, 0.29) is 0 Å². The highest BCUT2D eigenvalue weighted by Gasteiger charge is 1.98. The van der Waals surface area contributed by atoms with E-state index >= 15 is 0 Å². The van der Waals surface area contributed by atoms with Gasteiger partial charge in [0.15, 0.2) is 0 Å². The molecular formula is C19H25NO2. The molecule has 1 N–H and O–H groups in total. The van der Waals surface area contributed by atoms with Crippen molar-refractivity contribution in [2.45, 2.75) is 26.7 Å². The van der Waals surface area contributed by atoms with Gasteiger partial charge < -0.3 is 14.8 Å². The van der Waals surface area contributed by atoms with Gasteiger partial charge in [-0.2, -0.15) is 0 Å². The summed E-state index contributed by atoms with van der Waals surface area (Å²) in [7, 11) is 0. The number of anilines is 1. The summed E-state index contributed by atoms with van der Waals surface area (Å²) in [5.74, 6) is 1.90. The Hall–Kier alpha value is -2.16. The van der Waals surface area contributed by atoms with Gasteiger partial charge in [0.2, 0.25) is 0 Å². The first-order valence-electron chi connectivity index (χ1n) is 7.94. The zero-order valence-corrected chi connectivity index (χ0v) is 13.5. The van der Waals surface area contributed by atoms with Crippen LogP contribution in [-0.4, -0.2) is 19.8 Å². The fourth-order valence-electron chi connectivity index (χ4n) is 2.20. The molecule has 0 saturated heterocycles. The average Bonchev–Trinajstić information content (AvgIpc) is 2.54. The van der Waals surface area contributed by atoms with Crippen LogP contribution in [0.3, 0.4) is 0 Å². The smallest absolute Gasteiger partial charge is 0.122 e. The molecule has 0 amide bonds. The van der Waals surface area contributed by atoms with Crippen molar-refractivity contribution in [3.63, 3.8) is 0 Å². The molecule has 0 radical (unpaired) electrons. The summed E-state index contributed by atoms with van der Waals surface area (Å²) < 4.78 is 11.2. The van der Waals surface area contributed by atoms with Crippen molar-refractivity contribution in [2.24, 2.45) is 0 Å². The number of para-hydroxylation sites is 1. The minimum atomic E-state index is 0.702. The molecule has 0 aliphatic heterocycles. The van der Waals surface area contributed by atoms with Gasteiger partial charge in [-0.15, -0.1) is 0 Å². The van der Waals surface area contributed by atoms with Crippen molar-refractivity contribution in [1.29, 1.82) is 0 Å². The first-order valence-corrected chi connectivity index (χ1v) is 7.94. The second-order valence-corrected chi connectivity index (χ2v) is 5.21. The summed E-state index contributed by atoms with van der Waals surface area (Å²) in [5.41, 5.74) is 2.32. The van der Waals surface area contributed by atoms with Crippen molar-refractivity contribution >= 4 is 5.69 Å². The monoisotopic (exact) mass is 299 g/mol. The van der Waals surface area contributed by atoms with Gasteiger partial charge in [-0.3, -0.25) is 0 Å². The Morgan fingerprint density at radius 3 is 2.41 bits per heavy atom. The molecule has 0 fully saturated rings. The SMILES string of the molecule is CCOc1ccc(NCCCCOc2ccccc2C)cc1. The Morgan fingerprint density at radius 1 is 0.909 bits per heavy atom. The molecule has 118 valence electrons. The number of unbranched alkanes of at least 4 members (excludes halogenated alkanes) is 1. The summed E-state index contributed by atoms with van der Waals surface area (Å²) in [6.07, 6.45) is 2.12. The normalized spacial score (nSPS) is 10.3. The minimum Gasteiger partial charge on any atom is -0.494 e. The molecule has 0 unspecified atom stereocenters. The molecule has 0 bridgehead atoms. The van der Waals surface area contributed by atoms with Gasteiger partial charge in [-0.1, -0.05) is 18.2 Å². The van der Waals surface area contributed by atoms with E-state index in [4.69, 9.17) is 9.47 Å². The van der Waals surface area contributed by atoms with Crippen molar-refractivity contribution in [1.82, 2.24) is 0 Å². The lowest BCUT2D eigenvalue weighted by Gasteiger charge is -2.10. The number of rotatable bonds is 9. The summed E-state index contributed by atoms with van der Waals surface area (Å²) >= 11 is 0. The lowest BCUT2D eigenvalue weighted by Crippen LogP contribution is -2.05. The molecule has 0 spiro atoms. The van der Waals surface area contributed by atoms with E-state index in [2.05, 4.69) is 30.4 Å². The fourth-order valence-corrected chi connectivity index (χ4v) is 2.20. The van der Waals surface area contributed by atoms with E-state index in [1.54, 1.807) is 0 Å². The van der Waals surface area contributed by atoms with Gasteiger partial charge in [-0.05, 0) is 62.6 Å². The molecule has 0 aliphatic carbocycles. The second kappa shape index (κ2) is 8.98. The molecule has 2 aromatic rings. The van der Waals surface area contributed by atoms with Crippen LogP contribution in [0.1, 0.15) is 25.3 Å². The standard InChI is InChI=1S/C19H25NO2/c1-3-21-18-12-10-17(11-13-18)20-14-6-7-15-22-19-9-5-4-8-16(19)2/h4-5,8-13,20H,3,6-7,14-15H2,1-2H3. The zero-order valence-electron chi connectivity index (χ0n) is 13.5. The van der Waals surface area contributed by atoms with Crippen molar-refractivity contribution in [2.75, 3.05) is 25.1 Å². The third kappa shape index (κ3) is 5.32. The summed E-state index contributed by atoms with van der Waals surface area (Å²) in [4.78, 5) is 0. The Labute approximate surface area is 133 Å². The Balaban J connectivity index is 1.60. The Morgan fingerprint density at radius 2 is 1.68 bits per heavy atom. The minimum absolute atomic E-state index is 0.702. The van der Waals surface area contributed by atoms with Crippen LogP contribution in [0.5, 0.6) is 11.5 Å². The van der Waals surface area contributed by atoms with Gasteiger partial charge in [0.05, 0.1) is 13.2 Å². The van der Waals surface area contributed by atoms with Crippen LogP contribution in [0.4, 0.5) is 5.69 Å². The van der Waals surface area contributed by atoms with Crippen LogP contribution >= 0.6 is 0 Å². The van der Waals surface area contributed by atoms with Crippen LogP contribution < -0.4 is 14.8 Å². The number of hydrogen-bond donors (Lipinski definition) is 1. The lowest BCUT2D eigenvalue weighted by atomic mass is 10.2. The lowest BCUT2D eigenvalue weighted by molar-refractivity contribution is 0.306. The highest BCUT2D eigenvalue weighted by Crippen LogP contribution is 2.17. The van der Waals surface area contributed by atoms with Gasteiger partial charge in [-0.25, -0.2) is 0 Å². The van der Waals surface area contributed by atoms with Gasteiger partial charge >= 0.3 is 0 Å². The maximum Gasteiger partial charge on any atom is 0.122 e. The van der Waals surface area contributed by atoms with Crippen LogP contribution in [0.2, 0.25) is 0 Å². The summed E-state index contributed by atoms with van der Waals surface area (Å²) in [6, 6.07) is 16.2. The van der Waals surface area contributed by atoms with E-state index in [9.17, 15) is 0 Å². The molecule has 0 saturated carbocycles. The maximum atomic E-state index is 5.79. The van der Waals surface area contributed by atoms with E-state index in [0.29, 0.717) is 6.61 Å². The summed E-state index contributed by atoms with van der Waals surface area (Å²) in [5, 5.41) is 3.41. The van der Waals surface area contributed by atoms with Crippen LogP contribution in [0, 0.1) is 6.92 Å². The fraction of sp³-hybridized carbons (Fsp3) is 0.368. The van der Waals surface area contributed by atoms with Crippen LogP contribution in [-0.2, 0) is 0 Å². The Kier molecular flexibility index (Phi) is 6.62. The molecule has 0 aliphatic rings. The second-order valence-electron chi connectivity index (χ2n) is 5.21. The van der Waals surface area contributed by atoms with Crippen molar-refractivity contribution < 1.29 is 9.47 Å². The Bertz CT molecular complexity index is 552. The zero-order chi connectivity index (χ0) is 15.6. The largest absolute Gasteiger partial charge is 0.494 e. The maximum absolute atomic E-state index is 5.79. The van der Waals surface area contributed by atoms with E-state index < -0.39 is 0 Å². The topological polar surface area (TPSA) is 30.5 Å². The van der Waals surface area contributed by atoms with Crippen LogP contribution in [0.25, 0.3) is 0 Å². The molecule has 0 atom stereocenters. The van der Waals surface area contributed by atoms with E-state index in [1.807, 2.05) is 37.3 Å². The predicted molar refractivity (Wildman–Crippen MR) is 92.0 cm³/mol. The first kappa shape index (κ1) is 16.2. The number of hydrogen-bond acceptors (Lipinski definition) is 3. The molecule has 0 aromatic heterocycles. The molecule has 3 nitrogen and oxygen atoms in total. The highest BCUT2D eigenvalue weighted by molar-refractivity contribution is 5.46. The predicted octanol–water partition coefficient (Wildman–Crippen LogP) is 4.66. The number of benzene rings is 2. The number of ether oxygens (including phenoxy) is 2. The molecule has 3 heteroatoms. The third-order valence-corrected chi connectivity index (χ3v) is 3.42. The van der Waals surface area contributed by atoms with Gasteiger partial charge in [0.25, 0.3) is 0 Å². The molecule has 2 rings (SSSR count). The van der Waals surface area contributed by atoms with Crippen LogP contribution in [0.15, 0.2) is 48.5 Å². The number of nitrogens with one attached hydrogen (secondary N) is 1. The first-order chi connectivity index (χ1) is 10.8. The highest BCUT2D eigenvalue weighted by atomic mass is 16.5. The molecule has 0 heterocycles. The average molecular weight is 299 g/mol. The third-order valence-electron chi connectivity index (χ3n) is 3.42. The molecular weight excluding hydrogens is 274 g/mol. The van der Waals surface area contributed by atoms with Crippen molar-refractivity contribution in [3.05, 3.63) is 54.1 Å². The quantitative estimate of drug-likeness (QED) is 0.683. The van der Waals surface area contributed by atoms with Gasteiger partial charge in [0, 0.05) is 12.2 Å². The summed E-state index contributed by atoms with van der Waals surface area (Å²) in [6.45, 7) is 6.47. The molecule has 2 aromatic carbocycles. The van der Waals surface area contributed by atoms with Crippen molar-refractivity contribution in [3.8, 4) is 11.5 Å². The number of aryl methyl sites for hydroxylation is 1. The van der Waals surface area contributed by atoms with E-state index in [1.165, 1.54) is 5.56 Å². The molecule has 22 heavy (non-hydrogen) atoms. The van der Waals surface area contributed by atoms with E-state index in [0.717, 1.165) is 43.2 Å². The van der Waals surface area contributed by atoms with Gasteiger partial charge in [0.1, 0.15) is 11.5 Å².